The second-order valence-corrected chi connectivity index (χ2v) is 5.60. The summed E-state index contributed by atoms with van der Waals surface area (Å²) in [5.74, 6) is -0.998. The molecule has 5 nitrogen and oxygen atoms in total. The Hall–Kier alpha value is -1.86. The summed E-state index contributed by atoms with van der Waals surface area (Å²) in [7, 11) is 3.58. The lowest BCUT2D eigenvalue weighted by molar-refractivity contribution is 0.103. The number of nitrogens with two attached hydrogens (primary N) is 1. The van der Waals surface area contributed by atoms with Crippen molar-refractivity contribution in [3.05, 3.63) is 33.9 Å². The maximum atomic E-state index is 13.6. The standard InChI is InChI=1S/C12H12ClFN4OS/c1-18(2)12-17-10(15)9(20-12)11(19)16-8-4-3-6(13)5-7(8)14/h3-5H,15H2,1-2H3,(H,16,19). The summed E-state index contributed by atoms with van der Waals surface area (Å²) in [6, 6.07) is 4.00. The highest BCUT2D eigenvalue weighted by atomic mass is 35.5. The topological polar surface area (TPSA) is 71.2 Å². The molecular formula is C12H12ClFN4OS. The van der Waals surface area contributed by atoms with E-state index >= 15 is 0 Å². The van der Waals surface area contributed by atoms with E-state index in [1.54, 1.807) is 19.0 Å². The SMILES string of the molecule is CN(C)c1nc(N)c(C(=O)Nc2ccc(Cl)cc2F)s1. The van der Waals surface area contributed by atoms with Crippen LogP contribution in [0.2, 0.25) is 5.02 Å². The van der Waals surface area contributed by atoms with Gasteiger partial charge in [-0.15, -0.1) is 0 Å². The Kier molecular flexibility index (Phi) is 4.10. The molecule has 0 aliphatic heterocycles. The number of carbonyl (C=O) groups is 1. The van der Waals surface area contributed by atoms with E-state index in [1.807, 2.05) is 0 Å². The van der Waals surface area contributed by atoms with Crippen LogP contribution in [0.1, 0.15) is 9.67 Å². The van der Waals surface area contributed by atoms with Gasteiger partial charge in [-0.25, -0.2) is 9.37 Å². The molecule has 1 heterocycles. The molecule has 0 aliphatic rings. The molecule has 1 aromatic heterocycles. The van der Waals surface area contributed by atoms with Crippen molar-refractivity contribution in [1.82, 2.24) is 4.98 Å². The zero-order valence-electron chi connectivity index (χ0n) is 10.8. The summed E-state index contributed by atoms with van der Waals surface area (Å²) in [6.07, 6.45) is 0. The van der Waals surface area contributed by atoms with E-state index in [1.165, 1.54) is 12.1 Å². The molecule has 2 rings (SSSR count). The number of rotatable bonds is 3. The minimum Gasteiger partial charge on any atom is -0.382 e. The van der Waals surface area contributed by atoms with Crippen LogP contribution in [0.15, 0.2) is 18.2 Å². The fourth-order valence-electron chi connectivity index (χ4n) is 1.44. The predicted octanol–water partition coefficient (Wildman–Crippen LogP) is 2.84. The Labute approximate surface area is 124 Å². The molecule has 0 spiro atoms. The number of hydrogen-bond acceptors (Lipinski definition) is 5. The second kappa shape index (κ2) is 5.64. The quantitative estimate of drug-likeness (QED) is 0.914. The minimum absolute atomic E-state index is 0.0404. The van der Waals surface area contributed by atoms with Gasteiger partial charge in [0.1, 0.15) is 16.5 Å². The molecule has 1 amide bonds. The first kappa shape index (κ1) is 14.5. The summed E-state index contributed by atoms with van der Waals surface area (Å²) >= 11 is 6.78. The number of aromatic nitrogens is 1. The smallest absolute Gasteiger partial charge is 0.269 e. The molecule has 0 fully saturated rings. The fraction of sp³-hybridized carbons (Fsp3) is 0.167. The number of carbonyl (C=O) groups excluding carboxylic acids is 1. The lowest BCUT2D eigenvalue weighted by Gasteiger charge is -2.06. The van der Waals surface area contributed by atoms with Gasteiger partial charge in [-0.3, -0.25) is 4.79 Å². The number of amides is 1. The second-order valence-electron chi connectivity index (χ2n) is 4.18. The van der Waals surface area contributed by atoms with E-state index in [-0.39, 0.29) is 21.4 Å². The molecule has 8 heteroatoms. The van der Waals surface area contributed by atoms with Gasteiger partial charge in [0.05, 0.1) is 5.69 Å². The summed E-state index contributed by atoms with van der Waals surface area (Å²) in [5, 5.41) is 3.30. The number of nitrogen functional groups attached to an aromatic ring is 1. The van der Waals surface area contributed by atoms with Crippen molar-refractivity contribution in [3.63, 3.8) is 0 Å². The first-order chi connectivity index (χ1) is 9.38. The summed E-state index contributed by atoms with van der Waals surface area (Å²) < 4.78 is 13.6. The Morgan fingerprint density at radius 1 is 1.50 bits per heavy atom. The first-order valence-corrected chi connectivity index (χ1v) is 6.78. The third-order valence-corrected chi connectivity index (χ3v) is 3.88. The van der Waals surface area contributed by atoms with Crippen molar-refractivity contribution in [2.45, 2.75) is 0 Å². The van der Waals surface area contributed by atoms with Crippen LogP contribution in [-0.4, -0.2) is 25.0 Å². The van der Waals surface area contributed by atoms with Crippen LogP contribution in [0.4, 0.5) is 21.0 Å². The van der Waals surface area contributed by atoms with Gasteiger partial charge in [-0.05, 0) is 18.2 Å². The number of nitrogens with one attached hydrogen (secondary N) is 1. The number of benzene rings is 1. The van der Waals surface area contributed by atoms with Crippen molar-refractivity contribution in [1.29, 1.82) is 0 Å². The van der Waals surface area contributed by atoms with Crippen LogP contribution in [0, 0.1) is 5.82 Å². The molecule has 20 heavy (non-hydrogen) atoms. The lowest BCUT2D eigenvalue weighted by Crippen LogP contribution is -2.13. The van der Waals surface area contributed by atoms with Crippen molar-refractivity contribution >= 4 is 45.5 Å². The van der Waals surface area contributed by atoms with Crippen molar-refractivity contribution in [2.24, 2.45) is 0 Å². The van der Waals surface area contributed by atoms with Crippen molar-refractivity contribution in [3.8, 4) is 0 Å². The lowest BCUT2D eigenvalue weighted by atomic mass is 10.3. The van der Waals surface area contributed by atoms with Crippen LogP contribution in [0.5, 0.6) is 0 Å². The van der Waals surface area contributed by atoms with Gasteiger partial charge in [0, 0.05) is 19.1 Å². The molecular weight excluding hydrogens is 303 g/mol. The zero-order chi connectivity index (χ0) is 14.9. The molecule has 0 radical (unpaired) electrons. The molecule has 0 saturated carbocycles. The minimum atomic E-state index is -0.609. The molecule has 0 aliphatic carbocycles. The van der Waals surface area contributed by atoms with Gasteiger partial charge in [0.15, 0.2) is 5.13 Å². The molecule has 0 saturated heterocycles. The molecule has 106 valence electrons. The van der Waals surface area contributed by atoms with Gasteiger partial charge in [0.25, 0.3) is 5.91 Å². The highest BCUT2D eigenvalue weighted by Gasteiger charge is 2.18. The fourth-order valence-corrected chi connectivity index (χ4v) is 2.41. The Bertz CT molecular complexity index is 659. The largest absolute Gasteiger partial charge is 0.382 e. The van der Waals surface area contributed by atoms with E-state index < -0.39 is 11.7 Å². The van der Waals surface area contributed by atoms with Crippen LogP contribution in [-0.2, 0) is 0 Å². The van der Waals surface area contributed by atoms with Crippen LogP contribution in [0.3, 0.4) is 0 Å². The number of halogens is 2. The Morgan fingerprint density at radius 2 is 2.20 bits per heavy atom. The third-order valence-electron chi connectivity index (χ3n) is 2.41. The van der Waals surface area contributed by atoms with E-state index in [0.717, 1.165) is 17.4 Å². The highest BCUT2D eigenvalue weighted by Crippen LogP contribution is 2.28. The van der Waals surface area contributed by atoms with E-state index in [0.29, 0.717) is 5.13 Å². The van der Waals surface area contributed by atoms with Crippen molar-refractivity contribution in [2.75, 3.05) is 30.0 Å². The van der Waals surface area contributed by atoms with Crippen LogP contribution < -0.4 is 16.0 Å². The van der Waals surface area contributed by atoms with Gasteiger partial charge in [-0.1, -0.05) is 22.9 Å². The average Bonchev–Trinajstić information content (AvgIpc) is 2.75. The van der Waals surface area contributed by atoms with Gasteiger partial charge < -0.3 is 16.0 Å². The molecule has 0 unspecified atom stereocenters. The number of nitrogens with zero attached hydrogens (tertiary/aromatic N) is 2. The van der Waals surface area contributed by atoms with Crippen LogP contribution in [0.25, 0.3) is 0 Å². The third kappa shape index (κ3) is 3.00. The maximum Gasteiger partial charge on any atom is 0.269 e. The maximum absolute atomic E-state index is 13.6. The summed E-state index contributed by atoms with van der Waals surface area (Å²) in [4.78, 5) is 18.1. The number of anilines is 3. The van der Waals surface area contributed by atoms with Crippen molar-refractivity contribution < 1.29 is 9.18 Å². The predicted molar refractivity (Wildman–Crippen MR) is 80.2 cm³/mol. The molecule has 1 aromatic carbocycles. The van der Waals surface area contributed by atoms with Gasteiger partial charge in [-0.2, -0.15) is 0 Å². The Morgan fingerprint density at radius 3 is 2.75 bits per heavy atom. The average molecular weight is 315 g/mol. The monoisotopic (exact) mass is 314 g/mol. The highest BCUT2D eigenvalue weighted by molar-refractivity contribution is 7.18. The van der Waals surface area contributed by atoms with Gasteiger partial charge in [0.2, 0.25) is 0 Å². The number of thiazole rings is 1. The van der Waals surface area contributed by atoms with E-state index in [4.69, 9.17) is 17.3 Å². The summed E-state index contributed by atoms with van der Waals surface area (Å²) in [6.45, 7) is 0. The van der Waals surface area contributed by atoms with E-state index in [9.17, 15) is 9.18 Å². The molecule has 2 aromatic rings. The first-order valence-electron chi connectivity index (χ1n) is 5.58. The molecule has 3 N–H and O–H groups in total. The summed E-state index contributed by atoms with van der Waals surface area (Å²) in [5.41, 5.74) is 5.73. The van der Waals surface area contributed by atoms with Gasteiger partial charge >= 0.3 is 0 Å². The number of hydrogen-bond donors (Lipinski definition) is 2. The Balaban J connectivity index is 2.24. The van der Waals surface area contributed by atoms with E-state index in [2.05, 4.69) is 10.3 Å². The normalized spacial score (nSPS) is 10.4. The zero-order valence-corrected chi connectivity index (χ0v) is 12.3. The molecule has 0 atom stereocenters. The van der Waals surface area contributed by atoms with Crippen LogP contribution >= 0.6 is 22.9 Å². The molecule has 0 bridgehead atoms.